The Kier molecular flexibility index (Phi) is 9.08. The van der Waals surface area contributed by atoms with Gasteiger partial charge in [0.2, 0.25) is 0 Å². The molecule has 1 fully saturated rings. The molecule has 0 saturated carbocycles. The Labute approximate surface area is 212 Å². The summed E-state index contributed by atoms with van der Waals surface area (Å²) in [4.78, 5) is 47.4. The fraction of sp³-hybridized carbons (Fsp3) is 0.600. The van der Waals surface area contributed by atoms with Gasteiger partial charge in [0.05, 0.1) is 13.8 Å². The van der Waals surface area contributed by atoms with E-state index in [9.17, 15) is 24.3 Å². The zero-order valence-corrected chi connectivity index (χ0v) is 23.2. The Morgan fingerprint density at radius 3 is 1.89 bits per heavy atom. The molecular formula is C25H36O10Si. The van der Waals surface area contributed by atoms with Gasteiger partial charge in [0.1, 0.15) is 23.7 Å². The molecular weight excluding hydrogens is 488 g/mol. The summed E-state index contributed by atoms with van der Waals surface area (Å²) in [5.74, 6) is -2.38. The highest BCUT2D eigenvalue weighted by Gasteiger charge is 2.57. The van der Waals surface area contributed by atoms with Crippen molar-refractivity contribution < 1.29 is 48.0 Å². The summed E-state index contributed by atoms with van der Waals surface area (Å²) in [6.45, 7) is 14.9. The highest BCUT2D eigenvalue weighted by molar-refractivity contribution is 6.81. The normalized spacial score (nSPS) is 22.9. The summed E-state index contributed by atoms with van der Waals surface area (Å²) in [5, 5.41) is 11.3. The number of carbonyl (C=O) groups excluding carboxylic acids is 4. The van der Waals surface area contributed by atoms with Gasteiger partial charge in [-0.2, -0.15) is 0 Å². The summed E-state index contributed by atoms with van der Waals surface area (Å²) < 4.78 is 27.9. The van der Waals surface area contributed by atoms with Crippen molar-refractivity contribution in [1.29, 1.82) is 0 Å². The first-order chi connectivity index (χ1) is 16.5. The zero-order valence-electron chi connectivity index (χ0n) is 22.2. The molecule has 200 valence electrons. The number of carbonyl (C=O) groups is 4. The lowest BCUT2D eigenvalue weighted by atomic mass is 9.99. The van der Waals surface area contributed by atoms with Crippen LogP contribution in [0.5, 0.6) is 11.5 Å². The van der Waals surface area contributed by atoms with Crippen LogP contribution in [0.3, 0.4) is 0 Å². The second kappa shape index (κ2) is 11.1. The van der Waals surface area contributed by atoms with Crippen LogP contribution in [0.25, 0.3) is 0 Å². The number of ether oxygens (including phenoxy) is 5. The second-order valence-corrected chi connectivity index (χ2v) is 16.0. The predicted molar refractivity (Wildman–Crippen MR) is 131 cm³/mol. The van der Waals surface area contributed by atoms with E-state index < -0.39 is 62.1 Å². The van der Waals surface area contributed by atoms with Crippen molar-refractivity contribution in [3.05, 3.63) is 23.8 Å². The summed E-state index contributed by atoms with van der Waals surface area (Å²) >= 11 is 0. The van der Waals surface area contributed by atoms with Gasteiger partial charge >= 0.3 is 23.9 Å². The Morgan fingerprint density at radius 1 is 0.889 bits per heavy atom. The average molecular weight is 525 g/mol. The summed E-state index contributed by atoms with van der Waals surface area (Å²) in [6, 6.07) is 4.31. The van der Waals surface area contributed by atoms with E-state index in [1.165, 1.54) is 45.9 Å². The Morgan fingerprint density at radius 2 is 1.42 bits per heavy atom. The minimum atomic E-state index is -2.48. The minimum absolute atomic E-state index is 0.00689. The first kappa shape index (κ1) is 29.5. The van der Waals surface area contributed by atoms with E-state index in [0.717, 1.165) is 0 Å². The van der Waals surface area contributed by atoms with E-state index in [2.05, 4.69) is 0 Å². The van der Waals surface area contributed by atoms with Crippen molar-refractivity contribution in [3.8, 4) is 11.5 Å². The Bertz CT molecular complexity index is 1010. The van der Waals surface area contributed by atoms with Gasteiger partial charge in [-0.1, -0.05) is 33.9 Å². The molecule has 1 aliphatic rings. The van der Waals surface area contributed by atoms with Gasteiger partial charge in [-0.3, -0.25) is 19.2 Å². The smallest absolute Gasteiger partial charge is 0.308 e. The fourth-order valence-corrected chi connectivity index (χ4v) is 5.89. The summed E-state index contributed by atoms with van der Waals surface area (Å²) in [7, 11) is -2.48. The molecule has 11 heteroatoms. The molecule has 0 bridgehead atoms. The number of hydrogen-bond acceptors (Lipinski definition) is 10. The molecule has 0 amide bonds. The number of rotatable bonds is 7. The predicted octanol–water partition coefficient (Wildman–Crippen LogP) is 3.25. The van der Waals surface area contributed by atoms with E-state index in [1.807, 2.05) is 33.9 Å². The van der Waals surface area contributed by atoms with Gasteiger partial charge in [0.25, 0.3) is 0 Å². The van der Waals surface area contributed by atoms with Crippen LogP contribution < -0.4 is 9.47 Å². The van der Waals surface area contributed by atoms with Crippen molar-refractivity contribution in [2.45, 2.75) is 96.7 Å². The Hall–Kier alpha value is -2.76. The van der Waals surface area contributed by atoms with Gasteiger partial charge in [-0.15, -0.1) is 0 Å². The van der Waals surface area contributed by atoms with Crippen LogP contribution in [0.4, 0.5) is 0 Å². The number of hydrogen-bond donors (Lipinski definition) is 1. The maximum absolute atomic E-state index is 12.1. The quantitative estimate of drug-likeness (QED) is 0.322. The van der Waals surface area contributed by atoms with Crippen molar-refractivity contribution in [2.75, 3.05) is 0 Å². The van der Waals surface area contributed by atoms with Crippen molar-refractivity contribution in [3.63, 3.8) is 0 Å². The third-order valence-electron chi connectivity index (χ3n) is 6.64. The van der Waals surface area contributed by atoms with E-state index in [-0.39, 0.29) is 22.1 Å². The molecule has 0 aliphatic carbocycles. The Balaban J connectivity index is 2.66. The van der Waals surface area contributed by atoms with Crippen molar-refractivity contribution in [1.82, 2.24) is 0 Å². The molecule has 5 atom stereocenters. The standard InChI is InChI=1S/C25H36O10Si/c1-13(26)31-17-10-11-18(19(12-17)32-14(2)27)20-21(33-15(3)28)22(34-16(4)29)23(35-20)24(30)36(8,9)25(5,6)7/h10-12,20-24,30H,1-9H3/t20-,21-,22-,23-,24?/m0/s1. The minimum Gasteiger partial charge on any atom is -0.456 e. The lowest BCUT2D eigenvalue weighted by Crippen LogP contribution is -2.58. The van der Waals surface area contributed by atoms with Crippen LogP contribution in [0.1, 0.15) is 60.1 Å². The molecule has 10 nitrogen and oxygen atoms in total. The van der Waals surface area contributed by atoms with Crippen LogP contribution in [-0.4, -0.2) is 61.1 Å². The average Bonchev–Trinajstić information content (AvgIpc) is 3.02. The van der Waals surface area contributed by atoms with E-state index >= 15 is 0 Å². The molecule has 0 spiro atoms. The van der Waals surface area contributed by atoms with E-state index in [0.29, 0.717) is 0 Å². The van der Waals surface area contributed by atoms with Gasteiger partial charge < -0.3 is 28.8 Å². The second-order valence-electron chi connectivity index (χ2n) is 10.5. The molecule has 1 unspecified atom stereocenters. The van der Waals surface area contributed by atoms with Gasteiger partial charge in [-0.25, -0.2) is 0 Å². The number of aliphatic hydroxyl groups excluding tert-OH is 1. The first-order valence-corrected chi connectivity index (χ1v) is 14.7. The third kappa shape index (κ3) is 6.71. The SMILES string of the molecule is CC(=O)Oc1ccc([C@@H]2O[C@H](C(O)[Si](C)(C)C(C)(C)C)[C@@H](OC(C)=O)[C@H]2OC(C)=O)c(OC(C)=O)c1. The van der Waals surface area contributed by atoms with Gasteiger partial charge in [0.15, 0.2) is 12.2 Å². The molecule has 0 radical (unpaired) electrons. The van der Waals surface area contributed by atoms with Crippen LogP contribution in [-0.2, 0) is 33.4 Å². The zero-order chi connectivity index (χ0) is 27.6. The number of benzene rings is 1. The number of esters is 4. The van der Waals surface area contributed by atoms with Gasteiger partial charge in [0, 0.05) is 39.3 Å². The topological polar surface area (TPSA) is 135 Å². The summed E-state index contributed by atoms with van der Waals surface area (Å²) in [6.07, 6.45) is -4.37. The van der Waals surface area contributed by atoms with Crippen LogP contribution >= 0.6 is 0 Å². The van der Waals surface area contributed by atoms with Crippen LogP contribution in [0.2, 0.25) is 18.1 Å². The lowest BCUT2D eigenvalue weighted by Gasteiger charge is -2.43. The van der Waals surface area contributed by atoms with Crippen LogP contribution in [0.15, 0.2) is 18.2 Å². The molecule has 1 aliphatic heterocycles. The summed E-state index contributed by atoms with van der Waals surface area (Å²) in [5.41, 5.74) is -0.725. The highest BCUT2D eigenvalue weighted by Crippen LogP contribution is 2.47. The van der Waals surface area contributed by atoms with E-state index in [4.69, 9.17) is 23.7 Å². The highest BCUT2D eigenvalue weighted by atomic mass is 28.3. The maximum atomic E-state index is 12.1. The molecule has 36 heavy (non-hydrogen) atoms. The first-order valence-electron chi connectivity index (χ1n) is 11.6. The monoisotopic (exact) mass is 524 g/mol. The molecule has 2 rings (SSSR count). The maximum Gasteiger partial charge on any atom is 0.308 e. The fourth-order valence-electron chi connectivity index (χ4n) is 3.91. The van der Waals surface area contributed by atoms with Crippen LogP contribution in [0, 0.1) is 0 Å². The van der Waals surface area contributed by atoms with Crippen molar-refractivity contribution in [2.24, 2.45) is 0 Å². The van der Waals surface area contributed by atoms with Crippen molar-refractivity contribution >= 4 is 32.0 Å². The third-order valence-corrected chi connectivity index (χ3v) is 12.3. The molecule has 1 aromatic rings. The van der Waals surface area contributed by atoms with Gasteiger partial charge in [-0.05, 0) is 17.2 Å². The molecule has 1 heterocycles. The largest absolute Gasteiger partial charge is 0.456 e. The molecule has 1 saturated heterocycles. The lowest BCUT2D eigenvalue weighted by molar-refractivity contribution is -0.165. The van der Waals surface area contributed by atoms with E-state index in [1.54, 1.807) is 0 Å². The molecule has 1 N–H and O–H groups in total. The molecule has 0 aromatic heterocycles. The molecule has 1 aromatic carbocycles. The number of aliphatic hydroxyl groups is 1.